The maximum Gasteiger partial charge on any atom is 0.144 e. The van der Waals surface area contributed by atoms with E-state index in [2.05, 4.69) is 25.8 Å². The number of aromatic nitrogens is 5. The minimum atomic E-state index is 0.276. The molecule has 0 saturated carbocycles. The monoisotopic (exact) mass is 337 g/mol. The van der Waals surface area contributed by atoms with E-state index >= 15 is 0 Å². The third-order valence-electron chi connectivity index (χ3n) is 4.82. The molecular weight excluding hydrogens is 318 g/mol. The van der Waals surface area contributed by atoms with E-state index < -0.39 is 0 Å². The van der Waals surface area contributed by atoms with Gasteiger partial charge in [-0.2, -0.15) is 0 Å². The van der Waals surface area contributed by atoms with Crippen LogP contribution in [0.4, 0.5) is 0 Å². The van der Waals surface area contributed by atoms with E-state index in [0.717, 1.165) is 58.8 Å². The van der Waals surface area contributed by atoms with Crippen LogP contribution < -0.4 is 0 Å². The summed E-state index contributed by atoms with van der Waals surface area (Å²) in [5.74, 6) is 1.79. The van der Waals surface area contributed by atoms with Gasteiger partial charge in [0, 0.05) is 24.3 Å². The third kappa shape index (κ3) is 2.42. The van der Waals surface area contributed by atoms with Gasteiger partial charge in [0.1, 0.15) is 22.7 Å². The van der Waals surface area contributed by atoms with Crippen LogP contribution in [0.5, 0.6) is 0 Å². The van der Waals surface area contributed by atoms with Gasteiger partial charge in [0.05, 0.1) is 36.5 Å². The van der Waals surface area contributed by atoms with Gasteiger partial charge in [-0.25, -0.2) is 9.97 Å². The Morgan fingerprint density at radius 1 is 1.40 bits per heavy atom. The zero-order chi connectivity index (χ0) is 16.8. The Morgan fingerprint density at radius 3 is 3.16 bits per heavy atom. The molecule has 1 N–H and O–H groups in total. The molecule has 1 saturated heterocycles. The Labute approximate surface area is 144 Å². The number of nitrogens with zero attached hydrogens (tertiary/aromatic N) is 4. The highest BCUT2D eigenvalue weighted by atomic mass is 16.5. The molecule has 128 valence electrons. The van der Waals surface area contributed by atoms with Gasteiger partial charge in [0.15, 0.2) is 0 Å². The molecule has 4 aromatic heterocycles. The summed E-state index contributed by atoms with van der Waals surface area (Å²) in [5, 5.41) is 5.09. The van der Waals surface area contributed by atoms with Crippen molar-refractivity contribution in [2.45, 2.75) is 32.2 Å². The molecule has 0 aliphatic carbocycles. The van der Waals surface area contributed by atoms with E-state index in [1.807, 2.05) is 25.4 Å². The first-order valence-corrected chi connectivity index (χ1v) is 8.62. The van der Waals surface area contributed by atoms with Crippen molar-refractivity contribution in [3.63, 3.8) is 0 Å². The Hall–Kier alpha value is -2.67. The molecule has 25 heavy (non-hydrogen) atoms. The molecule has 5 heterocycles. The highest BCUT2D eigenvalue weighted by Gasteiger charge is 2.24. The summed E-state index contributed by atoms with van der Waals surface area (Å²) in [6, 6.07) is 4.30. The number of imidazole rings is 1. The van der Waals surface area contributed by atoms with Crippen molar-refractivity contribution in [1.29, 1.82) is 0 Å². The molecule has 0 spiro atoms. The number of hydrogen-bond donors (Lipinski definition) is 1. The van der Waals surface area contributed by atoms with Crippen LogP contribution in [-0.4, -0.2) is 37.9 Å². The van der Waals surface area contributed by atoms with E-state index in [1.165, 1.54) is 0 Å². The third-order valence-corrected chi connectivity index (χ3v) is 4.82. The molecule has 0 bridgehead atoms. The summed E-state index contributed by atoms with van der Waals surface area (Å²) in [6.45, 7) is 3.47. The number of fused-ring (bicyclic) bond motifs is 3. The SMILES string of the molecule is Cc1cc(Cc2nc3cnc4[nH]ccc4c3n2[C@H]2CCCOC2)on1. The largest absolute Gasteiger partial charge is 0.379 e. The molecule has 7 nitrogen and oxygen atoms in total. The second-order valence-electron chi connectivity index (χ2n) is 6.61. The summed E-state index contributed by atoms with van der Waals surface area (Å²) in [6.07, 6.45) is 6.52. The highest BCUT2D eigenvalue weighted by molar-refractivity contribution is 6.01. The van der Waals surface area contributed by atoms with Crippen LogP contribution in [0.1, 0.15) is 36.2 Å². The van der Waals surface area contributed by atoms with E-state index in [-0.39, 0.29) is 6.04 Å². The summed E-state index contributed by atoms with van der Waals surface area (Å²) in [5.41, 5.74) is 3.79. The van der Waals surface area contributed by atoms with E-state index in [9.17, 15) is 0 Å². The van der Waals surface area contributed by atoms with Crippen LogP contribution in [0, 0.1) is 6.92 Å². The number of aromatic amines is 1. The van der Waals surface area contributed by atoms with Crippen LogP contribution in [0.2, 0.25) is 0 Å². The van der Waals surface area contributed by atoms with Crippen molar-refractivity contribution in [2.24, 2.45) is 0 Å². The summed E-state index contributed by atoms with van der Waals surface area (Å²) < 4.78 is 13.5. The lowest BCUT2D eigenvalue weighted by molar-refractivity contribution is 0.0596. The molecule has 1 atom stereocenters. The van der Waals surface area contributed by atoms with Crippen LogP contribution in [0.25, 0.3) is 22.1 Å². The number of nitrogens with one attached hydrogen (secondary N) is 1. The molecule has 1 fully saturated rings. The van der Waals surface area contributed by atoms with Gasteiger partial charge in [-0.15, -0.1) is 0 Å². The van der Waals surface area contributed by atoms with Crippen molar-refractivity contribution in [2.75, 3.05) is 13.2 Å². The number of rotatable bonds is 3. The lowest BCUT2D eigenvalue weighted by Crippen LogP contribution is -2.23. The van der Waals surface area contributed by atoms with Gasteiger partial charge in [-0.1, -0.05) is 5.16 Å². The Kier molecular flexibility index (Phi) is 3.34. The maximum atomic E-state index is 5.75. The van der Waals surface area contributed by atoms with Gasteiger partial charge < -0.3 is 18.8 Å². The Bertz CT molecular complexity index is 1040. The number of ether oxygens (including phenoxy) is 1. The fourth-order valence-electron chi connectivity index (χ4n) is 3.74. The topological polar surface area (TPSA) is 81.8 Å². The van der Waals surface area contributed by atoms with Crippen molar-refractivity contribution >= 4 is 22.1 Å². The number of pyridine rings is 1. The van der Waals surface area contributed by atoms with Gasteiger partial charge in [0.25, 0.3) is 0 Å². The molecule has 1 aliphatic rings. The van der Waals surface area contributed by atoms with Gasteiger partial charge >= 0.3 is 0 Å². The van der Waals surface area contributed by atoms with E-state index in [4.69, 9.17) is 14.2 Å². The Balaban J connectivity index is 1.71. The Morgan fingerprint density at radius 2 is 2.36 bits per heavy atom. The van der Waals surface area contributed by atoms with Crippen LogP contribution in [0.3, 0.4) is 0 Å². The summed E-state index contributed by atoms with van der Waals surface area (Å²) in [7, 11) is 0. The molecule has 1 aliphatic heterocycles. The second kappa shape index (κ2) is 5.70. The standard InChI is InChI=1S/C18H19N5O2/c1-11-7-13(25-22-11)8-16-21-15-9-20-18-14(4-5-19-18)17(15)23(16)12-3-2-6-24-10-12/h4-5,7,9,12H,2-3,6,8,10H2,1H3,(H,19,20)/t12-/m0/s1. The van der Waals surface area contributed by atoms with Gasteiger partial charge in [0.2, 0.25) is 0 Å². The maximum absolute atomic E-state index is 5.75. The summed E-state index contributed by atoms with van der Waals surface area (Å²) in [4.78, 5) is 12.5. The minimum absolute atomic E-state index is 0.276. The fraction of sp³-hybridized carbons (Fsp3) is 0.389. The predicted molar refractivity (Wildman–Crippen MR) is 92.5 cm³/mol. The first-order chi connectivity index (χ1) is 12.3. The van der Waals surface area contributed by atoms with Gasteiger partial charge in [-0.05, 0) is 25.8 Å². The highest BCUT2D eigenvalue weighted by Crippen LogP contribution is 2.31. The molecule has 0 unspecified atom stereocenters. The van der Waals surface area contributed by atoms with Crippen molar-refractivity contribution in [1.82, 2.24) is 24.7 Å². The van der Waals surface area contributed by atoms with E-state index in [1.54, 1.807) is 0 Å². The molecule has 5 rings (SSSR count). The molecular formula is C18H19N5O2. The lowest BCUT2D eigenvalue weighted by atomic mass is 10.1. The first kappa shape index (κ1) is 14.7. The molecule has 0 radical (unpaired) electrons. The zero-order valence-corrected chi connectivity index (χ0v) is 14.0. The predicted octanol–water partition coefficient (Wildman–Crippen LogP) is 3.15. The smallest absolute Gasteiger partial charge is 0.144 e. The molecule has 7 heteroatoms. The zero-order valence-electron chi connectivity index (χ0n) is 14.0. The first-order valence-electron chi connectivity index (χ1n) is 8.62. The average Bonchev–Trinajstić information content (AvgIpc) is 3.33. The van der Waals surface area contributed by atoms with E-state index in [0.29, 0.717) is 13.0 Å². The molecule has 0 amide bonds. The number of H-pyrrole nitrogens is 1. The van der Waals surface area contributed by atoms with Crippen LogP contribution in [0.15, 0.2) is 29.0 Å². The molecule has 4 aromatic rings. The van der Waals surface area contributed by atoms with Gasteiger partial charge in [-0.3, -0.25) is 0 Å². The van der Waals surface area contributed by atoms with Crippen molar-refractivity contribution in [3.8, 4) is 0 Å². The quantitative estimate of drug-likeness (QED) is 0.621. The van der Waals surface area contributed by atoms with Crippen LogP contribution >= 0.6 is 0 Å². The second-order valence-corrected chi connectivity index (χ2v) is 6.61. The number of hydrogen-bond acceptors (Lipinski definition) is 5. The summed E-state index contributed by atoms with van der Waals surface area (Å²) >= 11 is 0. The number of aryl methyl sites for hydroxylation is 1. The minimum Gasteiger partial charge on any atom is -0.379 e. The molecule has 0 aromatic carbocycles. The van der Waals surface area contributed by atoms with Crippen LogP contribution in [-0.2, 0) is 11.2 Å². The van der Waals surface area contributed by atoms with Crippen molar-refractivity contribution in [3.05, 3.63) is 41.8 Å². The fourth-order valence-corrected chi connectivity index (χ4v) is 3.74. The average molecular weight is 337 g/mol. The normalized spacial score (nSPS) is 18.4. The lowest BCUT2D eigenvalue weighted by Gasteiger charge is -2.25. The van der Waals surface area contributed by atoms with Crippen molar-refractivity contribution < 1.29 is 9.26 Å².